The maximum atomic E-state index is 12.4. The Morgan fingerprint density at radius 2 is 1.70 bits per heavy atom. The summed E-state index contributed by atoms with van der Waals surface area (Å²) >= 11 is 0. The maximum absolute atomic E-state index is 12.4. The lowest BCUT2D eigenvalue weighted by molar-refractivity contribution is -0.188. The number of likely N-dealkylation sites (tertiary alicyclic amines) is 1. The standard InChI is InChI=1S/C21H22N2O7/c1-21(2,3)29-19(26)22-13-15(10-9-14-7-5-4-6-8-14)18(22)28-20(27)30-23-16(24)11-12-17(23)25/h4-8,15,18H,11-13H2,1-3H3. The molecule has 158 valence electrons. The Kier molecular flexibility index (Phi) is 5.96. The second-order valence-corrected chi connectivity index (χ2v) is 7.81. The average molecular weight is 414 g/mol. The normalized spacial score (nSPS) is 20.8. The minimum atomic E-state index is -1.27. The number of amides is 3. The van der Waals surface area contributed by atoms with E-state index in [4.69, 9.17) is 14.3 Å². The fourth-order valence-corrected chi connectivity index (χ4v) is 2.80. The Labute approximate surface area is 173 Å². The maximum Gasteiger partial charge on any atom is 0.535 e. The van der Waals surface area contributed by atoms with Crippen molar-refractivity contribution in [3.8, 4) is 11.8 Å². The van der Waals surface area contributed by atoms with Gasteiger partial charge < -0.3 is 9.47 Å². The molecule has 3 amide bonds. The molecule has 0 aliphatic carbocycles. The largest absolute Gasteiger partial charge is 0.535 e. The number of carbonyl (C=O) groups excluding carboxylic acids is 4. The highest BCUT2D eigenvalue weighted by atomic mass is 16.8. The average Bonchev–Trinajstić information content (AvgIpc) is 2.96. The van der Waals surface area contributed by atoms with Crippen molar-refractivity contribution in [1.82, 2.24) is 9.96 Å². The molecule has 2 atom stereocenters. The Morgan fingerprint density at radius 3 is 2.30 bits per heavy atom. The fourth-order valence-electron chi connectivity index (χ4n) is 2.80. The van der Waals surface area contributed by atoms with Gasteiger partial charge in [0.1, 0.15) is 5.60 Å². The quantitative estimate of drug-likeness (QED) is 0.416. The number of nitrogens with zero attached hydrogens (tertiary/aromatic N) is 2. The van der Waals surface area contributed by atoms with E-state index in [9.17, 15) is 19.2 Å². The van der Waals surface area contributed by atoms with Crippen molar-refractivity contribution >= 4 is 24.1 Å². The summed E-state index contributed by atoms with van der Waals surface area (Å²) in [5, 5.41) is 0.378. The van der Waals surface area contributed by atoms with Crippen LogP contribution in [0.15, 0.2) is 30.3 Å². The number of imide groups is 1. The van der Waals surface area contributed by atoms with Gasteiger partial charge in [0.15, 0.2) is 6.23 Å². The van der Waals surface area contributed by atoms with E-state index >= 15 is 0 Å². The zero-order chi connectivity index (χ0) is 21.9. The predicted molar refractivity (Wildman–Crippen MR) is 102 cm³/mol. The molecule has 2 unspecified atom stereocenters. The van der Waals surface area contributed by atoms with Crippen LogP contribution in [0.4, 0.5) is 9.59 Å². The molecular formula is C21H22N2O7. The molecule has 2 saturated heterocycles. The topological polar surface area (TPSA) is 102 Å². The molecule has 3 rings (SSSR count). The van der Waals surface area contributed by atoms with Crippen LogP contribution in [0.25, 0.3) is 0 Å². The minimum absolute atomic E-state index is 0.0370. The molecule has 0 aromatic heterocycles. The summed E-state index contributed by atoms with van der Waals surface area (Å²) in [7, 11) is 0. The number of hydrogen-bond donors (Lipinski definition) is 0. The number of rotatable bonds is 2. The van der Waals surface area contributed by atoms with E-state index < -0.39 is 41.8 Å². The van der Waals surface area contributed by atoms with Crippen LogP contribution in [0.1, 0.15) is 39.2 Å². The van der Waals surface area contributed by atoms with Crippen LogP contribution in [0.5, 0.6) is 0 Å². The molecule has 2 heterocycles. The van der Waals surface area contributed by atoms with Crippen LogP contribution in [0.2, 0.25) is 0 Å². The monoisotopic (exact) mass is 414 g/mol. The van der Waals surface area contributed by atoms with Gasteiger partial charge in [0, 0.05) is 24.9 Å². The zero-order valence-corrected chi connectivity index (χ0v) is 16.9. The van der Waals surface area contributed by atoms with Crippen LogP contribution < -0.4 is 0 Å². The summed E-state index contributed by atoms with van der Waals surface area (Å²) in [4.78, 5) is 53.7. The summed E-state index contributed by atoms with van der Waals surface area (Å²) in [6.45, 7) is 5.33. The molecule has 2 aliphatic heterocycles. The molecule has 0 bridgehead atoms. The lowest BCUT2D eigenvalue weighted by atomic mass is 9.97. The number of hydroxylamine groups is 2. The van der Waals surface area contributed by atoms with Gasteiger partial charge in [0.05, 0.1) is 5.92 Å². The first-order chi connectivity index (χ1) is 14.1. The fraction of sp³-hybridized carbons (Fsp3) is 0.429. The van der Waals surface area contributed by atoms with Gasteiger partial charge in [-0.2, -0.15) is 0 Å². The SMILES string of the molecule is CC(C)(C)OC(=O)N1CC(C#Cc2ccccc2)C1OC(=O)ON1C(=O)CCC1=O. The van der Waals surface area contributed by atoms with Crippen molar-refractivity contribution in [3.05, 3.63) is 35.9 Å². The van der Waals surface area contributed by atoms with E-state index in [-0.39, 0.29) is 19.4 Å². The first kappa shape index (κ1) is 21.2. The molecule has 1 aromatic carbocycles. The van der Waals surface area contributed by atoms with Gasteiger partial charge in [0.2, 0.25) is 0 Å². The Morgan fingerprint density at radius 1 is 1.07 bits per heavy atom. The van der Waals surface area contributed by atoms with Gasteiger partial charge in [-0.25, -0.2) is 9.59 Å². The van der Waals surface area contributed by atoms with Crippen LogP contribution in [-0.2, 0) is 23.9 Å². The lowest BCUT2D eigenvalue weighted by Gasteiger charge is -2.43. The van der Waals surface area contributed by atoms with Crippen LogP contribution in [-0.4, -0.2) is 52.4 Å². The lowest BCUT2D eigenvalue weighted by Crippen LogP contribution is -2.61. The predicted octanol–water partition coefficient (Wildman–Crippen LogP) is 2.45. The van der Waals surface area contributed by atoms with Crippen LogP contribution in [0, 0.1) is 17.8 Å². The third-order valence-corrected chi connectivity index (χ3v) is 4.24. The molecule has 0 N–H and O–H groups in total. The second-order valence-electron chi connectivity index (χ2n) is 7.81. The van der Waals surface area contributed by atoms with Crippen molar-refractivity contribution in [3.63, 3.8) is 0 Å². The van der Waals surface area contributed by atoms with Gasteiger partial charge in [0.25, 0.3) is 11.8 Å². The second kappa shape index (κ2) is 8.45. The van der Waals surface area contributed by atoms with E-state index in [1.54, 1.807) is 20.8 Å². The summed E-state index contributed by atoms with van der Waals surface area (Å²) in [6, 6.07) is 9.19. The van der Waals surface area contributed by atoms with Gasteiger partial charge in [-0.05, 0) is 32.9 Å². The summed E-state index contributed by atoms with van der Waals surface area (Å²) < 4.78 is 10.5. The molecule has 2 aliphatic rings. The molecule has 0 saturated carbocycles. The molecule has 2 fully saturated rings. The number of hydrogen-bond acceptors (Lipinski definition) is 7. The van der Waals surface area contributed by atoms with Crippen LogP contribution >= 0.6 is 0 Å². The minimum Gasteiger partial charge on any atom is -0.444 e. The molecule has 0 radical (unpaired) electrons. The summed E-state index contributed by atoms with van der Waals surface area (Å²) in [5.41, 5.74) is 0.0277. The molecule has 30 heavy (non-hydrogen) atoms. The Bertz CT molecular complexity index is 895. The van der Waals surface area contributed by atoms with E-state index in [1.807, 2.05) is 30.3 Å². The third-order valence-electron chi connectivity index (χ3n) is 4.24. The van der Waals surface area contributed by atoms with Gasteiger partial charge in [-0.15, -0.1) is 0 Å². The van der Waals surface area contributed by atoms with Crippen molar-refractivity contribution in [2.75, 3.05) is 6.54 Å². The molecule has 9 nitrogen and oxygen atoms in total. The molecule has 1 aromatic rings. The molecule has 9 heteroatoms. The van der Waals surface area contributed by atoms with E-state index in [0.29, 0.717) is 5.06 Å². The van der Waals surface area contributed by atoms with Gasteiger partial charge >= 0.3 is 12.2 Å². The number of ether oxygens (including phenoxy) is 2. The third kappa shape index (κ3) is 5.08. The van der Waals surface area contributed by atoms with Crippen molar-refractivity contribution in [1.29, 1.82) is 0 Å². The molecule has 0 spiro atoms. The highest BCUT2D eigenvalue weighted by molar-refractivity contribution is 6.01. The van der Waals surface area contributed by atoms with E-state index in [2.05, 4.69) is 11.8 Å². The van der Waals surface area contributed by atoms with Crippen molar-refractivity contribution < 1.29 is 33.5 Å². The first-order valence-corrected chi connectivity index (χ1v) is 9.44. The zero-order valence-electron chi connectivity index (χ0n) is 16.9. The van der Waals surface area contributed by atoms with E-state index in [1.165, 1.54) is 4.90 Å². The number of carbonyl (C=O) groups is 4. The highest BCUT2D eigenvalue weighted by Crippen LogP contribution is 2.28. The van der Waals surface area contributed by atoms with E-state index in [0.717, 1.165) is 5.56 Å². The summed E-state index contributed by atoms with van der Waals surface area (Å²) in [6.07, 6.45) is -3.10. The molecular weight excluding hydrogens is 392 g/mol. The van der Waals surface area contributed by atoms with Crippen LogP contribution in [0.3, 0.4) is 0 Å². The Hall–Kier alpha value is -3.54. The smallest absolute Gasteiger partial charge is 0.444 e. The summed E-state index contributed by atoms with van der Waals surface area (Å²) in [5.74, 6) is 4.19. The van der Waals surface area contributed by atoms with Gasteiger partial charge in [-0.1, -0.05) is 35.1 Å². The first-order valence-electron chi connectivity index (χ1n) is 9.44. The van der Waals surface area contributed by atoms with Crippen molar-refractivity contribution in [2.24, 2.45) is 5.92 Å². The highest BCUT2D eigenvalue weighted by Gasteiger charge is 2.47. The number of benzene rings is 1. The van der Waals surface area contributed by atoms with Crippen molar-refractivity contribution in [2.45, 2.75) is 45.4 Å². The van der Waals surface area contributed by atoms with Gasteiger partial charge in [-0.3, -0.25) is 19.3 Å². The Balaban J connectivity index is 1.70.